The number of carbonyl (C=O) groups excluding carboxylic acids is 1. The van der Waals surface area contributed by atoms with Crippen LogP contribution in [0, 0.1) is 19.7 Å². The van der Waals surface area contributed by atoms with E-state index >= 15 is 0 Å². The summed E-state index contributed by atoms with van der Waals surface area (Å²) in [5.74, 6) is 0.114. The minimum absolute atomic E-state index is 0.0671. The Kier molecular flexibility index (Phi) is 6.46. The molecule has 2 aromatic rings. The summed E-state index contributed by atoms with van der Waals surface area (Å²) in [6.07, 6.45) is 0.741. The molecule has 1 saturated heterocycles. The summed E-state index contributed by atoms with van der Waals surface area (Å²) < 4.78 is 13.2. The maximum Gasteiger partial charge on any atom is 0.225 e. The van der Waals surface area contributed by atoms with Crippen molar-refractivity contribution < 1.29 is 9.18 Å². The molecule has 0 unspecified atom stereocenters. The van der Waals surface area contributed by atoms with Crippen molar-refractivity contribution in [3.05, 3.63) is 46.0 Å². The molecule has 1 aromatic carbocycles. The highest BCUT2D eigenvalue weighted by atomic mass is 35.5. The number of anilines is 2. The van der Waals surface area contributed by atoms with Crippen LogP contribution in [-0.2, 0) is 11.2 Å². The second kappa shape index (κ2) is 8.84. The number of likely N-dealkylation sites (N-methyl/N-ethyl adjacent to an activating group) is 1. The molecule has 0 aliphatic carbocycles. The highest BCUT2D eigenvalue weighted by Crippen LogP contribution is 2.22. The molecule has 0 radical (unpaired) electrons. The third-order valence-electron chi connectivity index (χ3n) is 4.93. The zero-order chi connectivity index (χ0) is 20.3. The van der Waals surface area contributed by atoms with Gasteiger partial charge in [0.15, 0.2) is 0 Å². The number of amides is 1. The van der Waals surface area contributed by atoms with Crippen LogP contribution >= 0.6 is 11.6 Å². The van der Waals surface area contributed by atoms with Gasteiger partial charge < -0.3 is 15.1 Å². The van der Waals surface area contributed by atoms with Gasteiger partial charge in [-0.05, 0) is 45.0 Å². The van der Waals surface area contributed by atoms with Gasteiger partial charge in [-0.2, -0.15) is 0 Å². The van der Waals surface area contributed by atoms with E-state index in [1.165, 1.54) is 6.07 Å². The van der Waals surface area contributed by atoms with Crippen LogP contribution in [-0.4, -0.2) is 54.0 Å². The summed E-state index contributed by atoms with van der Waals surface area (Å²) >= 11 is 5.79. The number of carbonyl (C=O) groups is 1. The number of halogens is 2. The second-order valence-electron chi connectivity index (χ2n) is 7.16. The average Bonchev–Trinajstić information content (AvgIpc) is 2.66. The van der Waals surface area contributed by atoms with Crippen molar-refractivity contribution in [3.8, 4) is 0 Å². The summed E-state index contributed by atoms with van der Waals surface area (Å²) in [4.78, 5) is 26.0. The molecule has 0 bridgehead atoms. The SMILES string of the molecule is Cc1nc(N2CCN(C)CC2)nc(C)c1NC(=O)CCc1ccc(F)c(Cl)c1. The van der Waals surface area contributed by atoms with E-state index < -0.39 is 5.82 Å². The van der Waals surface area contributed by atoms with Crippen LogP contribution in [0.15, 0.2) is 18.2 Å². The van der Waals surface area contributed by atoms with Gasteiger partial charge in [0.25, 0.3) is 0 Å². The number of hydrogen-bond acceptors (Lipinski definition) is 5. The predicted molar refractivity (Wildman–Crippen MR) is 110 cm³/mol. The number of aryl methyl sites for hydroxylation is 3. The quantitative estimate of drug-likeness (QED) is 0.827. The summed E-state index contributed by atoms with van der Waals surface area (Å²) in [6.45, 7) is 7.50. The van der Waals surface area contributed by atoms with Gasteiger partial charge in [0.2, 0.25) is 11.9 Å². The Balaban J connectivity index is 1.63. The molecule has 0 saturated carbocycles. The highest BCUT2D eigenvalue weighted by Gasteiger charge is 2.19. The molecule has 0 atom stereocenters. The molecule has 1 amide bonds. The van der Waals surface area contributed by atoms with E-state index in [0.717, 1.165) is 43.1 Å². The molecular formula is C20H25ClFN5O. The van der Waals surface area contributed by atoms with Crippen LogP contribution in [0.2, 0.25) is 5.02 Å². The van der Waals surface area contributed by atoms with Crippen LogP contribution in [0.3, 0.4) is 0 Å². The fourth-order valence-electron chi connectivity index (χ4n) is 3.18. The number of nitrogens with zero attached hydrogens (tertiary/aromatic N) is 4. The zero-order valence-corrected chi connectivity index (χ0v) is 17.2. The van der Waals surface area contributed by atoms with Crippen LogP contribution in [0.1, 0.15) is 23.4 Å². The number of nitrogens with one attached hydrogen (secondary N) is 1. The first-order valence-electron chi connectivity index (χ1n) is 9.36. The lowest BCUT2D eigenvalue weighted by atomic mass is 10.1. The molecule has 1 aliphatic heterocycles. The van der Waals surface area contributed by atoms with Gasteiger partial charge in [-0.3, -0.25) is 4.79 Å². The lowest BCUT2D eigenvalue weighted by Crippen LogP contribution is -2.45. The molecule has 6 nitrogen and oxygen atoms in total. The second-order valence-corrected chi connectivity index (χ2v) is 7.56. The third kappa shape index (κ3) is 4.97. The first-order chi connectivity index (χ1) is 13.3. The number of aromatic nitrogens is 2. The first-order valence-corrected chi connectivity index (χ1v) is 9.74. The van der Waals surface area contributed by atoms with Crippen molar-refractivity contribution in [2.75, 3.05) is 43.4 Å². The van der Waals surface area contributed by atoms with E-state index in [9.17, 15) is 9.18 Å². The Labute approximate surface area is 169 Å². The molecule has 150 valence electrons. The molecule has 1 aromatic heterocycles. The molecule has 1 fully saturated rings. The molecule has 1 aliphatic rings. The van der Waals surface area contributed by atoms with E-state index in [2.05, 4.69) is 32.1 Å². The molecular weight excluding hydrogens is 381 g/mol. The Morgan fingerprint density at radius 3 is 2.43 bits per heavy atom. The molecule has 1 N–H and O–H groups in total. The maximum atomic E-state index is 13.2. The van der Waals surface area contributed by atoms with Gasteiger partial charge in [-0.1, -0.05) is 17.7 Å². The van der Waals surface area contributed by atoms with E-state index in [0.29, 0.717) is 18.1 Å². The van der Waals surface area contributed by atoms with E-state index in [4.69, 9.17) is 11.6 Å². The van der Waals surface area contributed by atoms with Crippen molar-refractivity contribution in [3.63, 3.8) is 0 Å². The lowest BCUT2D eigenvalue weighted by molar-refractivity contribution is -0.116. The van der Waals surface area contributed by atoms with Gasteiger partial charge in [-0.25, -0.2) is 14.4 Å². The van der Waals surface area contributed by atoms with Crippen LogP contribution in [0.25, 0.3) is 0 Å². The molecule has 8 heteroatoms. The van der Waals surface area contributed by atoms with Crippen LogP contribution in [0.4, 0.5) is 16.0 Å². The van der Waals surface area contributed by atoms with Crippen molar-refractivity contribution >= 4 is 29.1 Å². The fourth-order valence-corrected chi connectivity index (χ4v) is 3.39. The van der Waals surface area contributed by atoms with Gasteiger partial charge in [0.1, 0.15) is 5.82 Å². The molecule has 0 spiro atoms. The number of benzene rings is 1. The minimum atomic E-state index is -0.460. The van der Waals surface area contributed by atoms with Gasteiger partial charge in [0, 0.05) is 32.6 Å². The maximum absolute atomic E-state index is 13.2. The Morgan fingerprint density at radius 1 is 1.18 bits per heavy atom. The van der Waals surface area contributed by atoms with Crippen LogP contribution < -0.4 is 10.2 Å². The van der Waals surface area contributed by atoms with Crippen LogP contribution in [0.5, 0.6) is 0 Å². The van der Waals surface area contributed by atoms with E-state index in [1.807, 2.05) is 13.8 Å². The average molecular weight is 406 g/mol. The summed E-state index contributed by atoms with van der Waals surface area (Å²) in [5, 5.41) is 2.98. The van der Waals surface area contributed by atoms with Gasteiger partial charge >= 0.3 is 0 Å². The predicted octanol–water partition coefficient (Wildman–Crippen LogP) is 3.21. The summed E-state index contributed by atoms with van der Waals surface area (Å²) in [5.41, 5.74) is 2.97. The Hall–Kier alpha value is -2.25. The number of rotatable bonds is 5. The topological polar surface area (TPSA) is 61.4 Å². The third-order valence-corrected chi connectivity index (χ3v) is 5.22. The molecule has 28 heavy (non-hydrogen) atoms. The number of piperazine rings is 1. The van der Waals surface area contributed by atoms with Crippen molar-refractivity contribution in [1.82, 2.24) is 14.9 Å². The summed E-state index contributed by atoms with van der Waals surface area (Å²) in [7, 11) is 2.10. The Morgan fingerprint density at radius 2 is 1.82 bits per heavy atom. The van der Waals surface area contributed by atoms with E-state index in [-0.39, 0.29) is 17.4 Å². The zero-order valence-electron chi connectivity index (χ0n) is 16.4. The van der Waals surface area contributed by atoms with E-state index in [1.54, 1.807) is 12.1 Å². The highest BCUT2D eigenvalue weighted by molar-refractivity contribution is 6.30. The minimum Gasteiger partial charge on any atom is -0.338 e. The van der Waals surface area contributed by atoms with Crippen molar-refractivity contribution in [2.45, 2.75) is 26.7 Å². The summed E-state index contributed by atoms with van der Waals surface area (Å²) in [6, 6.07) is 4.50. The fraction of sp³-hybridized carbons (Fsp3) is 0.450. The number of hydrogen-bond donors (Lipinski definition) is 1. The Bertz CT molecular complexity index is 845. The van der Waals surface area contributed by atoms with Crippen molar-refractivity contribution in [2.24, 2.45) is 0 Å². The normalized spacial score (nSPS) is 15.0. The molecule has 2 heterocycles. The van der Waals surface area contributed by atoms with Gasteiger partial charge in [-0.15, -0.1) is 0 Å². The smallest absolute Gasteiger partial charge is 0.225 e. The van der Waals surface area contributed by atoms with Crippen molar-refractivity contribution in [1.29, 1.82) is 0 Å². The monoisotopic (exact) mass is 405 g/mol. The lowest BCUT2D eigenvalue weighted by Gasteiger charge is -2.32. The van der Waals surface area contributed by atoms with Gasteiger partial charge in [0.05, 0.1) is 22.1 Å². The first kappa shape index (κ1) is 20.5. The standard InChI is InChI=1S/C20H25ClFN5O/c1-13-19(14(2)24-20(23-13)27-10-8-26(3)9-11-27)25-18(28)7-5-15-4-6-17(22)16(21)12-15/h4,6,12H,5,7-11H2,1-3H3,(H,25,28). The largest absolute Gasteiger partial charge is 0.338 e. The molecule has 3 rings (SSSR count).